The number of anilines is 1. The van der Waals surface area contributed by atoms with E-state index >= 15 is 0 Å². The van der Waals surface area contributed by atoms with Crippen molar-refractivity contribution in [2.24, 2.45) is 0 Å². The fourth-order valence-electron chi connectivity index (χ4n) is 2.40. The van der Waals surface area contributed by atoms with Crippen molar-refractivity contribution in [2.75, 3.05) is 25.6 Å². The predicted molar refractivity (Wildman–Crippen MR) is 87.3 cm³/mol. The molecule has 1 saturated heterocycles. The number of aliphatic hydroxyl groups excluding tert-OH is 4. The second-order valence-corrected chi connectivity index (χ2v) is 6.67. The highest BCUT2D eigenvalue weighted by Gasteiger charge is 2.44. The number of hydrogen-bond donors (Lipinski definition) is 6. The summed E-state index contributed by atoms with van der Waals surface area (Å²) in [5.41, 5.74) is -0.714. The van der Waals surface area contributed by atoms with Crippen LogP contribution >= 0.6 is 0 Å². The summed E-state index contributed by atoms with van der Waals surface area (Å²) in [6, 6.07) is 1.09. The lowest BCUT2D eigenvalue weighted by atomic mass is 9.91. The Morgan fingerprint density at radius 1 is 1.31 bits per heavy atom. The number of nitrogens with one attached hydrogen (secondary N) is 2. The lowest BCUT2D eigenvalue weighted by molar-refractivity contribution is -0.303. The molecule has 1 aromatic rings. The zero-order valence-electron chi connectivity index (χ0n) is 14.7. The minimum atomic E-state index is -1.51. The van der Waals surface area contributed by atoms with Crippen molar-refractivity contribution in [2.45, 2.75) is 50.0 Å². The first-order chi connectivity index (χ1) is 12.2. The van der Waals surface area contributed by atoms with Crippen molar-refractivity contribution in [3.8, 4) is 0 Å². The number of aliphatic hydroxyl groups is 4. The maximum Gasteiger partial charge on any atom is 0.320 e. The number of amides is 2. The van der Waals surface area contributed by atoms with Crippen molar-refractivity contribution >= 4 is 11.8 Å². The minimum absolute atomic E-state index is 0.00426. The molecule has 0 aromatic carbocycles. The molecule has 0 radical (unpaired) electrons. The summed E-state index contributed by atoms with van der Waals surface area (Å²) < 4.78 is 16.0. The molecule has 1 aromatic heterocycles. The molecule has 2 rings (SSSR count). The van der Waals surface area contributed by atoms with Crippen LogP contribution in [-0.2, 0) is 14.9 Å². The molecular formula is C15H25N3O8. The first-order valence-corrected chi connectivity index (χ1v) is 8.07. The van der Waals surface area contributed by atoms with E-state index in [0.29, 0.717) is 5.76 Å². The van der Waals surface area contributed by atoms with Crippen LogP contribution < -0.4 is 10.6 Å². The summed E-state index contributed by atoms with van der Waals surface area (Å²) in [6.45, 7) is 3.03. The van der Waals surface area contributed by atoms with Crippen LogP contribution in [0.15, 0.2) is 10.6 Å². The van der Waals surface area contributed by atoms with Gasteiger partial charge in [0.1, 0.15) is 30.2 Å². The van der Waals surface area contributed by atoms with Gasteiger partial charge in [0, 0.05) is 18.5 Å². The van der Waals surface area contributed by atoms with Crippen LogP contribution in [0.3, 0.4) is 0 Å². The number of aromatic nitrogens is 1. The Balaban J connectivity index is 1.99. The normalized spacial score (nSPS) is 29.4. The third kappa shape index (κ3) is 4.50. The van der Waals surface area contributed by atoms with Gasteiger partial charge in [-0.1, -0.05) is 19.0 Å². The number of hydrogen-bond acceptors (Lipinski definition) is 9. The monoisotopic (exact) mass is 375 g/mol. The van der Waals surface area contributed by atoms with Crippen LogP contribution in [0, 0.1) is 0 Å². The largest absolute Gasteiger partial charge is 0.394 e. The molecule has 0 bridgehead atoms. The first-order valence-electron chi connectivity index (χ1n) is 8.07. The fourth-order valence-corrected chi connectivity index (χ4v) is 2.40. The Morgan fingerprint density at radius 2 is 2.00 bits per heavy atom. The molecule has 1 aliphatic heterocycles. The molecule has 11 heteroatoms. The Kier molecular flexibility index (Phi) is 6.55. The van der Waals surface area contributed by atoms with Gasteiger partial charge in [0.05, 0.1) is 13.2 Å². The molecule has 148 valence electrons. The summed E-state index contributed by atoms with van der Waals surface area (Å²) >= 11 is 0. The van der Waals surface area contributed by atoms with E-state index in [9.17, 15) is 25.2 Å². The molecule has 5 atom stereocenters. The molecular weight excluding hydrogens is 350 g/mol. The number of carbonyl (C=O) groups is 1. The van der Waals surface area contributed by atoms with E-state index < -0.39 is 48.8 Å². The van der Waals surface area contributed by atoms with E-state index in [4.69, 9.17) is 14.0 Å². The lowest BCUT2D eigenvalue weighted by Gasteiger charge is -2.40. The van der Waals surface area contributed by atoms with Gasteiger partial charge in [-0.25, -0.2) is 4.79 Å². The van der Waals surface area contributed by atoms with Crippen LogP contribution in [0.1, 0.15) is 19.6 Å². The Hall–Kier alpha value is -1.76. The lowest BCUT2D eigenvalue weighted by Crippen LogP contribution is -2.59. The fraction of sp³-hybridized carbons (Fsp3) is 0.733. The molecule has 0 unspecified atom stereocenters. The zero-order valence-corrected chi connectivity index (χ0v) is 14.7. The first kappa shape index (κ1) is 20.6. The van der Waals surface area contributed by atoms with Crippen molar-refractivity contribution in [3.05, 3.63) is 11.8 Å². The molecule has 0 aliphatic carbocycles. The summed E-state index contributed by atoms with van der Waals surface area (Å²) in [5.74, 6) is 0.633. The Morgan fingerprint density at radius 3 is 2.62 bits per heavy atom. The third-order valence-corrected chi connectivity index (χ3v) is 4.10. The molecule has 6 N–H and O–H groups in total. The Bertz CT molecular complexity index is 605. The van der Waals surface area contributed by atoms with Crippen LogP contribution in [0.5, 0.6) is 0 Å². The van der Waals surface area contributed by atoms with Gasteiger partial charge in [0.15, 0.2) is 12.1 Å². The van der Waals surface area contributed by atoms with Crippen molar-refractivity contribution in [3.63, 3.8) is 0 Å². The topological polar surface area (TPSA) is 167 Å². The SMILES string of the molecule is CNC(=O)Nc1cc(C(C)(C)CO[C@@H]2O[C@H](CO)[C@@H](O)[C@H](O)[C@H]2O)on1. The molecule has 26 heavy (non-hydrogen) atoms. The van der Waals surface area contributed by atoms with Crippen LogP contribution in [0.4, 0.5) is 10.6 Å². The van der Waals surface area contributed by atoms with E-state index in [0.717, 1.165) is 0 Å². The van der Waals surface area contributed by atoms with Gasteiger partial charge in [-0.05, 0) is 0 Å². The Labute approximate surface area is 149 Å². The molecule has 1 aliphatic rings. The standard InChI is InChI=1S/C15H25N3O8/c1-15(2,8-4-9(18-26-8)17-14(23)16-3)6-24-13-12(22)11(21)10(20)7(5-19)25-13/h4,7,10-13,19-22H,5-6H2,1-3H3,(H2,16,17,18,23)/t7-,10-,11+,12-,13-/m1/s1. The van der Waals surface area contributed by atoms with Crippen LogP contribution in [0.2, 0.25) is 0 Å². The number of ether oxygens (including phenoxy) is 2. The maximum absolute atomic E-state index is 11.3. The number of nitrogens with zero attached hydrogens (tertiary/aromatic N) is 1. The highest BCUT2D eigenvalue weighted by Crippen LogP contribution is 2.28. The maximum atomic E-state index is 11.3. The van der Waals surface area contributed by atoms with Gasteiger partial charge < -0.3 is 39.7 Å². The quantitative estimate of drug-likeness (QED) is 0.347. The van der Waals surface area contributed by atoms with Gasteiger partial charge in [0.2, 0.25) is 0 Å². The van der Waals surface area contributed by atoms with Crippen molar-refractivity contribution in [1.29, 1.82) is 0 Å². The zero-order chi connectivity index (χ0) is 19.5. The molecule has 11 nitrogen and oxygen atoms in total. The van der Waals surface area contributed by atoms with Gasteiger partial charge in [-0.15, -0.1) is 0 Å². The number of urea groups is 1. The summed E-state index contributed by atoms with van der Waals surface area (Å²) in [4.78, 5) is 11.3. The predicted octanol–water partition coefficient (Wildman–Crippen LogP) is -1.48. The van der Waals surface area contributed by atoms with E-state index in [1.54, 1.807) is 13.8 Å². The van der Waals surface area contributed by atoms with E-state index in [1.807, 2.05) is 0 Å². The minimum Gasteiger partial charge on any atom is -0.394 e. The van der Waals surface area contributed by atoms with Gasteiger partial charge >= 0.3 is 6.03 Å². The number of carbonyl (C=O) groups excluding carboxylic acids is 1. The highest BCUT2D eigenvalue weighted by molar-refractivity contribution is 5.87. The van der Waals surface area contributed by atoms with Crippen molar-refractivity contribution in [1.82, 2.24) is 10.5 Å². The molecule has 2 heterocycles. The van der Waals surface area contributed by atoms with Crippen molar-refractivity contribution < 1.29 is 39.2 Å². The van der Waals surface area contributed by atoms with E-state index in [1.165, 1.54) is 13.1 Å². The summed E-state index contributed by atoms with van der Waals surface area (Å²) in [6.07, 6.45) is -6.73. The smallest absolute Gasteiger partial charge is 0.320 e. The van der Waals surface area contributed by atoms with Gasteiger partial charge in [0.25, 0.3) is 0 Å². The van der Waals surface area contributed by atoms with Crippen LogP contribution in [-0.4, -0.2) is 82.6 Å². The third-order valence-electron chi connectivity index (χ3n) is 4.10. The van der Waals surface area contributed by atoms with E-state index in [2.05, 4.69) is 15.8 Å². The van der Waals surface area contributed by atoms with Crippen LogP contribution in [0.25, 0.3) is 0 Å². The summed E-state index contributed by atoms with van der Waals surface area (Å²) in [7, 11) is 1.47. The highest BCUT2D eigenvalue weighted by atomic mass is 16.7. The van der Waals surface area contributed by atoms with Gasteiger partial charge in [-0.3, -0.25) is 5.32 Å². The molecule has 0 saturated carbocycles. The van der Waals surface area contributed by atoms with Gasteiger partial charge in [-0.2, -0.15) is 0 Å². The molecule has 1 fully saturated rings. The summed E-state index contributed by atoms with van der Waals surface area (Å²) in [5, 5.41) is 47.3. The second kappa shape index (κ2) is 8.29. The molecule has 2 amide bonds. The average Bonchev–Trinajstić information content (AvgIpc) is 3.08. The number of rotatable bonds is 6. The second-order valence-electron chi connectivity index (χ2n) is 6.67. The average molecular weight is 375 g/mol. The van der Waals surface area contributed by atoms with E-state index in [-0.39, 0.29) is 12.4 Å². The molecule has 0 spiro atoms.